The fourth-order valence-electron chi connectivity index (χ4n) is 2.44. The topological polar surface area (TPSA) is 37.7 Å². The van der Waals surface area contributed by atoms with E-state index in [1.165, 1.54) is 22.6 Å². The summed E-state index contributed by atoms with van der Waals surface area (Å²) in [5, 5.41) is 6.74. The predicted molar refractivity (Wildman–Crippen MR) is 104 cm³/mol. The van der Waals surface area contributed by atoms with E-state index in [0.717, 1.165) is 5.75 Å². The van der Waals surface area contributed by atoms with Crippen LogP contribution in [0.1, 0.15) is 11.6 Å². The van der Waals surface area contributed by atoms with Crippen LogP contribution in [0.15, 0.2) is 42.5 Å². The standard InChI is InChI=1S/C18H21ClFN3OS/c1-23(2)17(12-4-7-14(24-3)8-5-12)11-21-18(25)22-13-6-9-16(20)15(19)10-13/h4-10,17H,11H2,1-3H3,(H2,21,22,25)/p+1/t17-/m0/s1. The van der Waals surface area contributed by atoms with Crippen LogP contribution in [0.2, 0.25) is 5.02 Å². The Morgan fingerprint density at radius 1 is 1.24 bits per heavy atom. The van der Waals surface area contributed by atoms with E-state index >= 15 is 0 Å². The smallest absolute Gasteiger partial charge is 0.171 e. The number of rotatable bonds is 6. The Balaban J connectivity index is 1.97. The molecule has 2 aromatic rings. The molecule has 0 aliphatic rings. The van der Waals surface area contributed by atoms with Gasteiger partial charge >= 0.3 is 0 Å². The molecule has 2 rings (SSSR count). The van der Waals surface area contributed by atoms with E-state index in [0.29, 0.717) is 17.3 Å². The Morgan fingerprint density at radius 2 is 1.92 bits per heavy atom. The molecule has 0 amide bonds. The minimum absolute atomic E-state index is 0.0571. The van der Waals surface area contributed by atoms with Gasteiger partial charge in [-0.2, -0.15) is 0 Å². The summed E-state index contributed by atoms with van der Waals surface area (Å²) in [7, 11) is 5.83. The minimum Gasteiger partial charge on any atom is -0.497 e. The summed E-state index contributed by atoms with van der Waals surface area (Å²) < 4.78 is 18.4. The number of thiocarbonyl (C=S) groups is 1. The lowest BCUT2D eigenvalue weighted by Crippen LogP contribution is -3.07. The summed E-state index contributed by atoms with van der Waals surface area (Å²) in [4.78, 5) is 1.27. The monoisotopic (exact) mass is 382 g/mol. The van der Waals surface area contributed by atoms with Gasteiger partial charge < -0.3 is 20.3 Å². The van der Waals surface area contributed by atoms with Gasteiger partial charge in [0, 0.05) is 11.3 Å². The largest absolute Gasteiger partial charge is 0.497 e. The number of likely N-dealkylation sites (N-methyl/N-ethyl adjacent to an activating group) is 1. The maximum absolute atomic E-state index is 13.2. The first-order valence-electron chi connectivity index (χ1n) is 7.84. The zero-order valence-corrected chi connectivity index (χ0v) is 16.0. The molecule has 2 aromatic carbocycles. The first-order valence-corrected chi connectivity index (χ1v) is 8.63. The first-order chi connectivity index (χ1) is 11.9. The summed E-state index contributed by atoms with van der Waals surface area (Å²) in [5.41, 5.74) is 1.82. The zero-order valence-electron chi connectivity index (χ0n) is 14.4. The molecule has 0 saturated heterocycles. The van der Waals surface area contributed by atoms with Crippen molar-refractivity contribution in [1.82, 2.24) is 5.32 Å². The third kappa shape index (κ3) is 5.56. The maximum Gasteiger partial charge on any atom is 0.171 e. The first kappa shape index (κ1) is 19.4. The van der Waals surface area contributed by atoms with Crippen molar-refractivity contribution in [3.63, 3.8) is 0 Å². The molecule has 0 unspecified atom stereocenters. The molecule has 3 N–H and O–H groups in total. The summed E-state index contributed by atoms with van der Waals surface area (Å²) in [6.07, 6.45) is 0. The second-order valence-electron chi connectivity index (χ2n) is 5.87. The molecular formula is C18H22ClFN3OS+. The van der Waals surface area contributed by atoms with Crippen LogP contribution in [0.4, 0.5) is 10.1 Å². The number of hydrogen-bond acceptors (Lipinski definition) is 2. The van der Waals surface area contributed by atoms with Gasteiger partial charge in [0.05, 0.1) is 32.8 Å². The lowest BCUT2D eigenvalue weighted by atomic mass is 10.1. The molecule has 0 aromatic heterocycles. The number of methoxy groups -OCH3 is 1. The van der Waals surface area contributed by atoms with Crippen LogP contribution in [0.25, 0.3) is 0 Å². The highest BCUT2D eigenvalue weighted by molar-refractivity contribution is 7.80. The SMILES string of the molecule is COc1ccc([C@H](CNC(=S)Nc2ccc(F)c(Cl)c2)[NH+](C)C)cc1. The van der Waals surface area contributed by atoms with Gasteiger partial charge in [0.15, 0.2) is 5.11 Å². The fourth-order valence-corrected chi connectivity index (χ4v) is 2.82. The van der Waals surface area contributed by atoms with Gasteiger partial charge in [0.1, 0.15) is 17.6 Å². The van der Waals surface area contributed by atoms with E-state index in [1.807, 2.05) is 12.1 Å². The summed E-state index contributed by atoms with van der Waals surface area (Å²) in [5.74, 6) is 0.372. The molecule has 0 aliphatic carbocycles. The molecule has 4 nitrogen and oxygen atoms in total. The molecule has 25 heavy (non-hydrogen) atoms. The summed E-state index contributed by atoms with van der Waals surface area (Å²) in [6.45, 7) is 0.648. The van der Waals surface area contributed by atoms with Crippen molar-refractivity contribution in [2.45, 2.75) is 6.04 Å². The molecular weight excluding hydrogens is 361 g/mol. The van der Waals surface area contributed by atoms with E-state index in [2.05, 4.69) is 36.9 Å². The average Bonchev–Trinajstić information content (AvgIpc) is 2.58. The van der Waals surface area contributed by atoms with E-state index in [4.69, 9.17) is 28.6 Å². The lowest BCUT2D eigenvalue weighted by Gasteiger charge is -2.23. The number of nitrogens with one attached hydrogen (secondary N) is 3. The van der Waals surface area contributed by atoms with E-state index in [1.54, 1.807) is 13.2 Å². The Bertz CT molecular complexity index is 725. The minimum atomic E-state index is -0.457. The highest BCUT2D eigenvalue weighted by atomic mass is 35.5. The van der Waals surface area contributed by atoms with Gasteiger partial charge in [0.25, 0.3) is 0 Å². The fraction of sp³-hybridized carbons (Fsp3) is 0.278. The molecule has 0 heterocycles. The Kier molecular flexibility index (Phi) is 6.99. The quantitative estimate of drug-likeness (QED) is 0.671. The van der Waals surface area contributed by atoms with Crippen molar-refractivity contribution >= 4 is 34.6 Å². The van der Waals surface area contributed by atoms with Crippen molar-refractivity contribution < 1.29 is 14.0 Å². The van der Waals surface area contributed by atoms with Crippen LogP contribution in [-0.4, -0.2) is 32.9 Å². The maximum atomic E-state index is 13.2. The second-order valence-corrected chi connectivity index (χ2v) is 6.68. The van der Waals surface area contributed by atoms with Crippen molar-refractivity contribution in [3.05, 3.63) is 58.9 Å². The number of hydrogen-bond donors (Lipinski definition) is 3. The molecule has 0 fully saturated rings. The Morgan fingerprint density at radius 3 is 2.48 bits per heavy atom. The summed E-state index contributed by atoms with van der Waals surface area (Å²) >= 11 is 11.1. The number of quaternary nitrogens is 1. The third-order valence-electron chi connectivity index (χ3n) is 3.86. The van der Waals surface area contributed by atoms with Gasteiger partial charge in [-0.15, -0.1) is 0 Å². The van der Waals surface area contributed by atoms with Gasteiger partial charge in [-0.05, 0) is 54.7 Å². The van der Waals surface area contributed by atoms with E-state index in [-0.39, 0.29) is 11.1 Å². The molecule has 134 valence electrons. The normalized spacial score (nSPS) is 11.9. The molecule has 0 aliphatic heterocycles. The van der Waals surface area contributed by atoms with E-state index < -0.39 is 5.82 Å². The number of benzene rings is 2. The third-order valence-corrected chi connectivity index (χ3v) is 4.40. The highest BCUT2D eigenvalue weighted by Crippen LogP contribution is 2.19. The second kappa shape index (κ2) is 8.99. The van der Waals surface area contributed by atoms with Gasteiger partial charge in [-0.25, -0.2) is 4.39 Å². The molecule has 0 bridgehead atoms. The van der Waals surface area contributed by atoms with Gasteiger partial charge in [0.2, 0.25) is 0 Å². The lowest BCUT2D eigenvalue weighted by molar-refractivity contribution is -0.890. The van der Waals surface area contributed by atoms with Crippen LogP contribution >= 0.6 is 23.8 Å². The van der Waals surface area contributed by atoms with Gasteiger partial charge in [-0.3, -0.25) is 0 Å². The van der Waals surface area contributed by atoms with E-state index in [9.17, 15) is 4.39 Å². The van der Waals surface area contributed by atoms with Crippen LogP contribution in [0, 0.1) is 5.82 Å². The van der Waals surface area contributed by atoms with Crippen molar-refractivity contribution in [2.24, 2.45) is 0 Å². The molecule has 1 atom stereocenters. The number of halogens is 2. The van der Waals surface area contributed by atoms with Crippen molar-refractivity contribution in [1.29, 1.82) is 0 Å². The van der Waals surface area contributed by atoms with Gasteiger partial charge in [-0.1, -0.05) is 11.6 Å². The number of ether oxygens (including phenoxy) is 1. The van der Waals surface area contributed by atoms with Crippen LogP contribution in [0.5, 0.6) is 5.75 Å². The Hall–Kier alpha value is -1.89. The zero-order chi connectivity index (χ0) is 18.4. The molecule has 0 radical (unpaired) electrons. The molecule has 7 heteroatoms. The molecule has 0 saturated carbocycles. The number of anilines is 1. The summed E-state index contributed by atoms with van der Waals surface area (Å²) in [6, 6.07) is 12.6. The van der Waals surface area contributed by atoms with Crippen LogP contribution < -0.4 is 20.3 Å². The average molecular weight is 383 g/mol. The highest BCUT2D eigenvalue weighted by Gasteiger charge is 2.18. The van der Waals surface area contributed by atoms with Crippen LogP contribution in [0.3, 0.4) is 0 Å². The predicted octanol–water partition coefficient (Wildman–Crippen LogP) is 2.66. The Labute approximate surface area is 157 Å². The molecule has 0 spiro atoms. The van der Waals surface area contributed by atoms with Crippen molar-refractivity contribution in [2.75, 3.05) is 33.1 Å². The van der Waals surface area contributed by atoms with Crippen LogP contribution in [-0.2, 0) is 0 Å². The van der Waals surface area contributed by atoms with Crippen molar-refractivity contribution in [3.8, 4) is 5.75 Å².